The van der Waals surface area contributed by atoms with Gasteiger partial charge in [0.25, 0.3) is 0 Å². The monoisotopic (exact) mass is 343 g/mol. The first-order valence-corrected chi connectivity index (χ1v) is 8.35. The van der Waals surface area contributed by atoms with Gasteiger partial charge in [-0.2, -0.15) is 0 Å². The summed E-state index contributed by atoms with van der Waals surface area (Å²) >= 11 is 0. The number of aromatic nitrogens is 3. The van der Waals surface area contributed by atoms with E-state index in [1.807, 2.05) is 11.0 Å². The lowest BCUT2D eigenvalue weighted by atomic mass is 10.0. The summed E-state index contributed by atoms with van der Waals surface area (Å²) in [6, 6.07) is 3.65. The van der Waals surface area contributed by atoms with Gasteiger partial charge >= 0.3 is 0 Å². The van der Waals surface area contributed by atoms with Crippen molar-refractivity contribution in [1.82, 2.24) is 15.0 Å². The molecule has 0 aromatic carbocycles. The van der Waals surface area contributed by atoms with Crippen molar-refractivity contribution in [1.29, 1.82) is 0 Å². The highest BCUT2D eigenvalue weighted by Gasteiger charge is 2.26. The number of hydrogen-bond acceptors (Lipinski definition) is 6. The van der Waals surface area contributed by atoms with Crippen LogP contribution in [-0.2, 0) is 10.4 Å². The first-order chi connectivity index (χ1) is 11.7. The molecule has 134 valence electrons. The van der Waals surface area contributed by atoms with Crippen molar-refractivity contribution in [3.05, 3.63) is 30.2 Å². The van der Waals surface area contributed by atoms with E-state index in [1.54, 1.807) is 32.3 Å². The molecule has 0 spiro atoms. The van der Waals surface area contributed by atoms with Gasteiger partial charge < -0.3 is 15.3 Å². The smallest absolute Gasteiger partial charge is 0.245 e. The fraction of sp³-hybridized carbons (Fsp3) is 0.444. The molecule has 1 aliphatic rings. The molecule has 0 unspecified atom stereocenters. The van der Waals surface area contributed by atoms with E-state index in [9.17, 15) is 9.90 Å². The van der Waals surface area contributed by atoms with Gasteiger partial charge in [-0.3, -0.25) is 9.78 Å². The van der Waals surface area contributed by atoms with Crippen LogP contribution >= 0.6 is 0 Å². The van der Waals surface area contributed by atoms with Crippen LogP contribution in [-0.4, -0.2) is 39.1 Å². The Morgan fingerprint density at radius 3 is 2.68 bits per heavy atom. The van der Waals surface area contributed by atoms with Gasteiger partial charge in [-0.05, 0) is 31.9 Å². The lowest BCUT2D eigenvalue weighted by Gasteiger charge is -2.30. The minimum Gasteiger partial charge on any atom is -0.384 e. The number of hydrogen-bond donors (Lipinski definition) is 2. The minimum atomic E-state index is -0.988. The molecule has 3 heterocycles. The maximum atomic E-state index is 11.8. The quantitative estimate of drug-likeness (QED) is 0.886. The molecule has 1 amide bonds. The number of nitrogens with zero attached hydrogens (tertiary/aromatic N) is 4. The molecule has 7 heteroatoms. The number of carbonyl (C=O) groups excluding carboxylic acids is 1. The Morgan fingerprint density at radius 1 is 1.32 bits per heavy atom. The first kappa shape index (κ1) is 17.3. The van der Waals surface area contributed by atoms with Crippen molar-refractivity contribution in [2.24, 2.45) is 5.92 Å². The molecule has 2 aromatic heterocycles. The zero-order valence-corrected chi connectivity index (χ0v) is 14.9. The zero-order chi connectivity index (χ0) is 18.2. The predicted molar refractivity (Wildman–Crippen MR) is 98.3 cm³/mol. The Labute approximate surface area is 148 Å². The van der Waals surface area contributed by atoms with Crippen molar-refractivity contribution < 1.29 is 11.3 Å². The fourth-order valence-electron chi connectivity index (χ4n) is 2.75. The van der Waals surface area contributed by atoms with Crippen LogP contribution in [0.25, 0.3) is 11.3 Å². The largest absolute Gasteiger partial charge is 0.384 e. The van der Waals surface area contributed by atoms with E-state index >= 15 is 0 Å². The van der Waals surface area contributed by atoms with Crippen LogP contribution in [0, 0.1) is 5.92 Å². The van der Waals surface area contributed by atoms with Crippen LogP contribution in [0.2, 0.25) is 0 Å². The molecule has 0 saturated heterocycles. The van der Waals surface area contributed by atoms with Gasteiger partial charge in [0.05, 0.1) is 24.1 Å². The highest BCUT2D eigenvalue weighted by atomic mass is 16.3. The molecule has 0 aliphatic carbocycles. The molecule has 2 aromatic rings. The van der Waals surface area contributed by atoms with Gasteiger partial charge in [0.2, 0.25) is 5.91 Å². The summed E-state index contributed by atoms with van der Waals surface area (Å²) in [5.74, 6) is 1.49. The van der Waals surface area contributed by atoms with Crippen LogP contribution in [0.3, 0.4) is 0 Å². The summed E-state index contributed by atoms with van der Waals surface area (Å²) in [5.41, 5.74) is 1.09. The maximum Gasteiger partial charge on any atom is 0.245 e. The van der Waals surface area contributed by atoms with Gasteiger partial charge in [-0.1, -0.05) is 13.8 Å². The molecule has 3 rings (SSSR count). The first-order valence-electron chi connectivity index (χ1n) is 8.35. The summed E-state index contributed by atoms with van der Waals surface area (Å²) in [7, 11) is 0. The molecule has 0 fully saturated rings. The molecular weight excluding hydrogens is 318 g/mol. The third-order valence-corrected chi connectivity index (χ3v) is 3.92. The highest BCUT2D eigenvalue weighted by molar-refractivity contribution is 5.99. The van der Waals surface area contributed by atoms with Gasteiger partial charge in [0.15, 0.2) is 11.6 Å². The van der Waals surface area contributed by atoms with Crippen LogP contribution in [0.5, 0.6) is 0 Å². The van der Waals surface area contributed by atoms with E-state index in [-0.39, 0.29) is 13.9 Å². The van der Waals surface area contributed by atoms with Gasteiger partial charge in [0, 0.05) is 19.7 Å². The Morgan fingerprint density at radius 2 is 2.08 bits per heavy atom. The van der Waals surface area contributed by atoms with Gasteiger partial charge in [-0.25, -0.2) is 9.97 Å². The summed E-state index contributed by atoms with van der Waals surface area (Å²) in [6.07, 6.45) is 3.30. The lowest BCUT2D eigenvalue weighted by molar-refractivity contribution is -0.115. The van der Waals surface area contributed by atoms with Gasteiger partial charge in [-0.15, -0.1) is 0 Å². The maximum absolute atomic E-state index is 11.8. The Bertz CT molecular complexity index is 787. The third-order valence-electron chi connectivity index (χ3n) is 3.92. The number of fused-ring (bicyclic) bond motifs is 1. The average molecular weight is 343 g/mol. The van der Waals surface area contributed by atoms with E-state index in [0.29, 0.717) is 28.9 Å². The van der Waals surface area contributed by atoms with Crippen molar-refractivity contribution in [2.45, 2.75) is 33.3 Å². The van der Waals surface area contributed by atoms with Crippen LogP contribution in [0.1, 0.15) is 34.8 Å². The molecular formula is C18H25N5O2. The van der Waals surface area contributed by atoms with Crippen molar-refractivity contribution >= 4 is 17.5 Å². The average Bonchev–Trinajstić information content (AvgIpc) is 2.53. The molecule has 25 heavy (non-hydrogen) atoms. The van der Waals surface area contributed by atoms with E-state index in [4.69, 9.17) is 4.98 Å². The molecule has 2 N–H and O–H groups in total. The number of anilines is 2. The van der Waals surface area contributed by atoms with Crippen LogP contribution in [0.15, 0.2) is 24.5 Å². The van der Waals surface area contributed by atoms with Crippen molar-refractivity contribution in [3.63, 3.8) is 0 Å². The number of nitrogens with one attached hydrogen (secondary N) is 1. The predicted octanol–water partition coefficient (Wildman–Crippen LogP) is 2.43. The summed E-state index contributed by atoms with van der Waals surface area (Å²) in [5, 5.41) is 12.8. The van der Waals surface area contributed by atoms with Crippen LogP contribution in [0.4, 0.5) is 11.6 Å². The molecule has 0 saturated carbocycles. The van der Waals surface area contributed by atoms with Gasteiger partial charge in [0.1, 0.15) is 5.60 Å². The molecule has 0 atom stereocenters. The third kappa shape index (κ3) is 3.76. The second-order valence-electron chi connectivity index (χ2n) is 7.24. The summed E-state index contributed by atoms with van der Waals surface area (Å²) in [4.78, 5) is 27.2. The van der Waals surface area contributed by atoms with Crippen molar-refractivity contribution in [2.75, 3.05) is 23.3 Å². The van der Waals surface area contributed by atoms with E-state index in [2.05, 4.69) is 29.1 Å². The van der Waals surface area contributed by atoms with E-state index < -0.39 is 5.60 Å². The topological polar surface area (TPSA) is 91.2 Å². The number of carbonyl (C=O) groups is 1. The van der Waals surface area contributed by atoms with Crippen LogP contribution < -0.4 is 10.2 Å². The number of amides is 1. The highest BCUT2D eigenvalue weighted by Crippen LogP contribution is 2.29. The second-order valence-corrected chi connectivity index (χ2v) is 7.24. The SMILES string of the molecule is CC(C)CN1CC(=O)Nc2ncc(-c3ccc(C(C)(C)O)nc3)nc21.[HH]. The number of aliphatic hydroxyl groups is 1. The number of rotatable bonds is 4. The Hall–Kier alpha value is -2.54. The molecule has 0 radical (unpaired) electrons. The standard InChI is InChI=1S/C18H23N5O2.H2/c1-11(2)9-23-10-15(24)22-16-17(23)21-13(8-20-16)12-5-6-14(19-7-12)18(3,4)25;/h5-8,11,25H,9-10H2,1-4H3,(H,20,22,24);1H. The van der Waals surface area contributed by atoms with E-state index in [1.165, 1.54) is 0 Å². The Balaban J connectivity index is 0.00000243. The summed E-state index contributed by atoms with van der Waals surface area (Å²) in [6.45, 7) is 8.60. The fourth-order valence-corrected chi connectivity index (χ4v) is 2.75. The minimum absolute atomic E-state index is 0. The Kier molecular flexibility index (Phi) is 4.43. The molecule has 0 bridgehead atoms. The van der Waals surface area contributed by atoms with Crippen molar-refractivity contribution in [3.8, 4) is 11.3 Å². The van der Waals surface area contributed by atoms with E-state index in [0.717, 1.165) is 12.1 Å². The second kappa shape index (κ2) is 6.40. The molecule has 1 aliphatic heterocycles. The zero-order valence-electron chi connectivity index (χ0n) is 14.9. The normalized spacial score (nSPS) is 14.5. The number of pyridine rings is 1. The lowest BCUT2D eigenvalue weighted by Crippen LogP contribution is -2.41. The summed E-state index contributed by atoms with van der Waals surface area (Å²) < 4.78 is 0. The molecule has 7 nitrogen and oxygen atoms in total.